The Labute approximate surface area is 83.9 Å². The van der Waals surface area contributed by atoms with E-state index < -0.39 is 0 Å². The number of carbonyl (C=O) groups is 1. The van der Waals surface area contributed by atoms with Gasteiger partial charge in [-0.15, -0.1) is 0 Å². The van der Waals surface area contributed by atoms with Crippen LogP contribution in [-0.2, 0) is 4.74 Å². The molecule has 64 valence electrons. The lowest BCUT2D eigenvalue weighted by atomic mass is 8.85. The topological polar surface area (TPSA) is 29.5 Å². The molecule has 0 radical (unpaired) electrons. The fourth-order valence-corrected chi connectivity index (χ4v) is 1.95. The number of ether oxygens (including phenoxy) is 1. The molecule has 0 aromatic heterocycles. The molecule has 3 nitrogen and oxygen atoms in total. The van der Waals surface area contributed by atoms with E-state index in [-0.39, 0.29) is 12.2 Å². The minimum Gasteiger partial charge on any atom is -0.445 e. The summed E-state index contributed by atoms with van der Waals surface area (Å²) >= 11 is 0. The van der Waals surface area contributed by atoms with Crippen LogP contribution in [0.5, 0.6) is 0 Å². The zero-order valence-corrected chi connectivity index (χ0v) is 8.91. The van der Waals surface area contributed by atoms with Crippen LogP contribution in [0.4, 0.5) is 4.79 Å². The average Bonchev–Trinajstić information content (AvgIpc) is 2.31. The molecule has 1 amide bonds. The fraction of sp³-hybridized carbons (Fsp3) is 0.750. The highest BCUT2D eigenvalue weighted by Crippen LogP contribution is 2.11. The number of rotatable bonds is 3. The van der Waals surface area contributed by atoms with E-state index in [9.17, 15) is 4.79 Å². The molecule has 1 saturated heterocycles. The smallest absolute Gasteiger partial charge is 0.396 e. The highest BCUT2D eigenvalue weighted by Gasteiger charge is 2.36. The summed E-state index contributed by atoms with van der Waals surface area (Å²) in [5, 5.41) is 0. The Morgan fingerprint density at radius 3 is 2.62 bits per heavy atom. The van der Waals surface area contributed by atoms with Gasteiger partial charge in [0.05, 0.1) is 36.7 Å². The van der Waals surface area contributed by atoms with Crippen molar-refractivity contribution in [3.05, 3.63) is 0 Å². The molecule has 1 unspecified atom stereocenters. The number of hydrogen-bond donors (Lipinski definition) is 0. The molecule has 1 aliphatic heterocycles. The second-order valence-electron chi connectivity index (χ2n) is 4.07. The van der Waals surface area contributed by atoms with Crippen molar-refractivity contribution in [1.82, 2.24) is 4.81 Å². The standard InChI is InChI=1S/C4H13B6NO2/c1-3-2-11(4(12)13-3)10(8-5)9(6)7/h3,8H,2,5-7H2,1H3. The van der Waals surface area contributed by atoms with Gasteiger partial charge in [0.2, 0.25) is 0 Å². The lowest BCUT2D eigenvalue weighted by molar-refractivity contribution is 0.144. The quantitative estimate of drug-likeness (QED) is 0.408. The van der Waals surface area contributed by atoms with Crippen molar-refractivity contribution in [2.24, 2.45) is 0 Å². The zero-order chi connectivity index (χ0) is 10.0. The van der Waals surface area contributed by atoms with Crippen molar-refractivity contribution in [2.75, 3.05) is 6.54 Å². The van der Waals surface area contributed by atoms with E-state index in [1.165, 1.54) is 0 Å². The highest BCUT2D eigenvalue weighted by atomic mass is 16.6. The van der Waals surface area contributed by atoms with Gasteiger partial charge in [-0.25, -0.2) is 4.79 Å². The molecule has 0 aromatic carbocycles. The number of cyclic esters (lactones) is 1. The van der Waals surface area contributed by atoms with Crippen LogP contribution in [0.25, 0.3) is 0 Å². The Morgan fingerprint density at radius 2 is 2.31 bits per heavy atom. The van der Waals surface area contributed by atoms with Crippen LogP contribution in [0.3, 0.4) is 0 Å². The molecule has 1 atom stereocenters. The second-order valence-corrected chi connectivity index (χ2v) is 4.07. The molecule has 13 heavy (non-hydrogen) atoms. The molecule has 0 aliphatic carbocycles. The van der Waals surface area contributed by atoms with Gasteiger partial charge in [-0.3, -0.25) is 0 Å². The summed E-state index contributed by atoms with van der Waals surface area (Å²) in [6, 6.07) is 0. The molecule has 0 bridgehead atoms. The summed E-state index contributed by atoms with van der Waals surface area (Å²) in [7, 11) is 7.40. The van der Waals surface area contributed by atoms with Crippen LogP contribution in [0.15, 0.2) is 0 Å². The van der Waals surface area contributed by atoms with Crippen LogP contribution < -0.4 is 0 Å². The van der Waals surface area contributed by atoms with E-state index in [2.05, 4.69) is 23.2 Å². The molecule has 0 N–H and O–H groups in total. The first-order valence-electron chi connectivity index (χ1n) is 5.03. The van der Waals surface area contributed by atoms with Gasteiger partial charge in [-0.1, -0.05) is 0 Å². The monoisotopic (exact) mass is 173 g/mol. The largest absolute Gasteiger partial charge is 0.445 e. The lowest BCUT2D eigenvalue weighted by Crippen LogP contribution is -2.57. The molecule has 1 rings (SSSR count). The van der Waals surface area contributed by atoms with Gasteiger partial charge in [-0.05, 0) is 6.92 Å². The molecular formula is C4H13B6NO2. The van der Waals surface area contributed by atoms with E-state index >= 15 is 0 Å². The van der Waals surface area contributed by atoms with Crippen LogP contribution >= 0.6 is 0 Å². The third kappa shape index (κ3) is 2.32. The maximum Gasteiger partial charge on any atom is 0.396 e. The highest BCUT2D eigenvalue weighted by molar-refractivity contribution is 7.71. The first-order valence-corrected chi connectivity index (χ1v) is 5.03. The van der Waals surface area contributed by atoms with Crippen molar-refractivity contribution >= 4 is 49.4 Å². The summed E-state index contributed by atoms with van der Waals surface area (Å²) in [5.41, 5.74) is 0. The number of carbonyl (C=O) groups excluding carboxylic acids is 1. The second kappa shape index (κ2) is 4.25. The number of hydrogen-bond acceptors (Lipinski definition) is 2. The van der Waals surface area contributed by atoms with Gasteiger partial charge in [0.25, 0.3) is 0 Å². The Balaban J connectivity index is 2.64. The molecule has 9 heteroatoms. The minimum absolute atomic E-state index is 0.0558. The molecule has 0 spiro atoms. The first kappa shape index (κ1) is 10.7. The van der Waals surface area contributed by atoms with Crippen molar-refractivity contribution in [3.63, 3.8) is 0 Å². The third-order valence-electron chi connectivity index (χ3n) is 2.58. The molecule has 0 aromatic rings. The van der Waals surface area contributed by atoms with Gasteiger partial charge >= 0.3 is 6.09 Å². The molecule has 1 aliphatic rings. The predicted molar refractivity (Wildman–Crippen MR) is 66.9 cm³/mol. The lowest BCUT2D eigenvalue weighted by Gasteiger charge is -2.23. The Morgan fingerprint density at radius 1 is 1.69 bits per heavy atom. The van der Waals surface area contributed by atoms with Crippen molar-refractivity contribution in [1.29, 1.82) is 0 Å². The third-order valence-corrected chi connectivity index (χ3v) is 2.58. The molecule has 1 fully saturated rings. The zero-order valence-electron chi connectivity index (χ0n) is 8.91. The summed E-state index contributed by atoms with van der Waals surface area (Å²) < 4.78 is 5.09. The van der Waals surface area contributed by atoms with Gasteiger partial charge in [0.15, 0.2) is 6.63 Å². The number of nitrogens with zero attached hydrogens (tertiary/aromatic N) is 1. The summed E-state index contributed by atoms with van der Waals surface area (Å²) in [6.45, 7) is 3.01. The maximum absolute atomic E-state index is 11.4. The van der Waals surface area contributed by atoms with Crippen molar-refractivity contribution in [3.8, 4) is 0 Å². The van der Waals surface area contributed by atoms with E-state index in [1.807, 2.05) is 11.7 Å². The van der Waals surface area contributed by atoms with E-state index in [0.29, 0.717) is 13.0 Å². The molecule has 0 saturated carbocycles. The van der Waals surface area contributed by atoms with Gasteiger partial charge in [0, 0.05) is 6.54 Å². The van der Waals surface area contributed by atoms with Gasteiger partial charge in [0.1, 0.15) is 6.10 Å². The fourth-order valence-electron chi connectivity index (χ4n) is 1.95. The van der Waals surface area contributed by atoms with Gasteiger partial charge in [-0.2, -0.15) is 0 Å². The van der Waals surface area contributed by atoms with Crippen LogP contribution in [-0.4, -0.2) is 66.8 Å². The van der Waals surface area contributed by atoms with Crippen molar-refractivity contribution < 1.29 is 9.53 Å². The first-order chi connectivity index (χ1) is 6.06. The summed E-state index contributed by atoms with van der Waals surface area (Å²) in [4.78, 5) is 13.2. The maximum atomic E-state index is 11.4. The summed E-state index contributed by atoms with van der Waals surface area (Å²) in [6.07, 6.45) is 0.413. The van der Waals surface area contributed by atoms with Crippen LogP contribution in [0.2, 0.25) is 0 Å². The van der Waals surface area contributed by atoms with E-state index in [0.717, 1.165) is 13.6 Å². The van der Waals surface area contributed by atoms with Crippen LogP contribution in [0.1, 0.15) is 6.92 Å². The van der Waals surface area contributed by atoms with Gasteiger partial charge < -0.3 is 9.55 Å². The SMILES string of the molecule is BBB(B(B)B)N1CC(C)OC1=O. The Hall–Kier alpha value is -0.340. The Kier molecular flexibility index (Phi) is 3.51. The molecule has 1 heterocycles. The number of amides is 1. The normalized spacial score (nSPS) is 21.2. The van der Waals surface area contributed by atoms with E-state index in [4.69, 9.17) is 4.74 Å². The average molecular weight is 172 g/mol. The minimum atomic E-state index is -0.145. The van der Waals surface area contributed by atoms with Crippen molar-refractivity contribution in [2.45, 2.75) is 13.0 Å². The predicted octanol–water partition coefficient (Wildman–Crippen LogP) is -3.87. The van der Waals surface area contributed by atoms with E-state index in [1.54, 1.807) is 0 Å². The van der Waals surface area contributed by atoms with Crippen LogP contribution in [0, 0.1) is 0 Å². The molecular weight excluding hydrogens is 159 g/mol. The Bertz CT molecular complexity index is 201. The summed E-state index contributed by atoms with van der Waals surface area (Å²) in [5.74, 6) is 0.